The Kier molecular flexibility index (Phi) is 3.67. The highest BCUT2D eigenvalue weighted by atomic mass is 19.1. The van der Waals surface area contributed by atoms with Crippen LogP contribution >= 0.6 is 0 Å². The summed E-state index contributed by atoms with van der Waals surface area (Å²) in [6, 6.07) is 6.81. The maximum absolute atomic E-state index is 13.0. The molecule has 0 saturated heterocycles. The zero-order chi connectivity index (χ0) is 13.1. The largest absolute Gasteiger partial charge is 0.322 e. The van der Waals surface area contributed by atoms with Crippen LogP contribution in [-0.4, -0.2) is 4.98 Å². The van der Waals surface area contributed by atoms with Gasteiger partial charge in [0, 0.05) is 12.3 Å². The number of aromatic nitrogens is 1. The van der Waals surface area contributed by atoms with Gasteiger partial charge in [0.1, 0.15) is 11.6 Å². The van der Waals surface area contributed by atoms with Crippen LogP contribution in [0.1, 0.15) is 22.9 Å². The number of nitrogens with two attached hydrogens (primary N) is 1. The van der Waals surface area contributed by atoms with Gasteiger partial charge in [-0.15, -0.1) is 0 Å². The average Bonchev–Trinajstić information content (AvgIpc) is 2.27. The fourth-order valence-electron chi connectivity index (χ4n) is 1.85. The molecule has 2 nitrogen and oxygen atoms in total. The van der Waals surface area contributed by atoms with Crippen molar-refractivity contribution in [2.75, 3.05) is 0 Å². The summed E-state index contributed by atoms with van der Waals surface area (Å²) >= 11 is 0. The van der Waals surface area contributed by atoms with Gasteiger partial charge in [-0.1, -0.05) is 0 Å². The van der Waals surface area contributed by atoms with E-state index >= 15 is 0 Å². The first-order chi connectivity index (χ1) is 8.54. The Hall–Kier alpha value is -1.81. The Morgan fingerprint density at radius 2 is 1.83 bits per heavy atom. The lowest BCUT2D eigenvalue weighted by Crippen LogP contribution is -2.15. The fourth-order valence-corrected chi connectivity index (χ4v) is 1.85. The molecule has 1 unspecified atom stereocenters. The van der Waals surface area contributed by atoms with E-state index in [1.54, 1.807) is 6.20 Å². The maximum atomic E-state index is 13.0. The van der Waals surface area contributed by atoms with Gasteiger partial charge in [0.2, 0.25) is 0 Å². The summed E-state index contributed by atoms with van der Waals surface area (Å²) in [5.74, 6) is -1.18. The molecule has 0 aliphatic carbocycles. The normalized spacial score (nSPS) is 12.4. The number of rotatable bonds is 3. The first-order valence-electron chi connectivity index (χ1n) is 5.67. The lowest BCUT2D eigenvalue weighted by Gasteiger charge is -2.12. The van der Waals surface area contributed by atoms with E-state index in [1.807, 2.05) is 19.1 Å². The van der Waals surface area contributed by atoms with Crippen molar-refractivity contribution in [3.8, 4) is 0 Å². The van der Waals surface area contributed by atoms with Gasteiger partial charge < -0.3 is 5.73 Å². The molecular weight excluding hydrogens is 234 g/mol. The van der Waals surface area contributed by atoms with Crippen molar-refractivity contribution in [3.05, 3.63) is 65.0 Å². The molecule has 2 aromatic rings. The molecule has 0 bridgehead atoms. The van der Waals surface area contributed by atoms with Gasteiger partial charge in [-0.2, -0.15) is 0 Å². The van der Waals surface area contributed by atoms with Crippen molar-refractivity contribution in [3.63, 3.8) is 0 Å². The van der Waals surface area contributed by atoms with E-state index in [0.29, 0.717) is 12.0 Å². The molecule has 1 atom stereocenters. The number of pyridine rings is 1. The fraction of sp³-hybridized carbons (Fsp3) is 0.214. The van der Waals surface area contributed by atoms with Gasteiger partial charge in [-0.25, -0.2) is 8.78 Å². The first-order valence-corrected chi connectivity index (χ1v) is 5.67. The number of halogens is 2. The molecule has 18 heavy (non-hydrogen) atoms. The summed E-state index contributed by atoms with van der Waals surface area (Å²) in [4.78, 5) is 4.17. The van der Waals surface area contributed by atoms with Crippen LogP contribution < -0.4 is 5.73 Å². The molecule has 0 amide bonds. The Morgan fingerprint density at radius 1 is 1.17 bits per heavy atom. The molecule has 94 valence electrons. The quantitative estimate of drug-likeness (QED) is 0.907. The van der Waals surface area contributed by atoms with E-state index in [1.165, 1.54) is 12.1 Å². The zero-order valence-corrected chi connectivity index (χ0v) is 10.0. The van der Waals surface area contributed by atoms with E-state index in [0.717, 1.165) is 17.3 Å². The summed E-state index contributed by atoms with van der Waals surface area (Å²) in [5, 5.41) is 0. The molecule has 4 heteroatoms. The number of nitrogens with zero attached hydrogens (tertiary/aromatic N) is 1. The van der Waals surface area contributed by atoms with Crippen molar-refractivity contribution in [2.45, 2.75) is 19.4 Å². The zero-order valence-electron chi connectivity index (χ0n) is 10.0. The predicted molar refractivity (Wildman–Crippen MR) is 66.0 cm³/mol. The van der Waals surface area contributed by atoms with Crippen LogP contribution in [-0.2, 0) is 6.42 Å². The molecule has 1 aromatic carbocycles. The minimum atomic E-state index is -0.589. The summed E-state index contributed by atoms with van der Waals surface area (Å²) < 4.78 is 26.1. The van der Waals surface area contributed by atoms with Gasteiger partial charge in [0.25, 0.3) is 0 Å². The van der Waals surface area contributed by atoms with E-state index in [9.17, 15) is 8.78 Å². The lowest BCUT2D eigenvalue weighted by molar-refractivity contribution is 0.575. The summed E-state index contributed by atoms with van der Waals surface area (Å²) in [6.07, 6.45) is 2.03. The van der Waals surface area contributed by atoms with Gasteiger partial charge in [0.05, 0.1) is 11.7 Å². The van der Waals surface area contributed by atoms with Gasteiger partial charge in [-0.3, -0.25) is 4.98 Å². The number of aryl methyl sites for hydroxylation is 1. The molecule has 0 aliphatic heterocycles. The highest BCUT2D eigenvalue weighted by Gasteiger charge is 2.10. The van der Waals surface area contributed by atoms with Crippen molar-refractivity contribution in [1.82, 2.24) is 4.98 Å². The first kappa shape index (κ1) is 12.6. The highest BCUT2D eigenvalue weighted by Crippen LogP contribution is 2.17. The van der Waals surface area contributed by atoms with E-state index in [-0.39, 0.29) is 6.04 Å². The second-order valence-electron chi connectivity index (χ2n) is 4.35. The van der Waals surface area contributed by atoms with Crippen molar-refractivity contribution in [2.24, 2.45) is 5.73 Å². The Labute approximate surface area is 104 Å². The number of benzene rings is 1. The van der Waals surface area contributed by atoms with Crippen LogP contribution in [0.3, 0.4) is 0 Å². The van der Waals surface area contributed by atoms with Crippen LogP contribution in [0.15, 0.2) is 36.5 Å². The second kappa shape index (κ2) is 5.23. The summed E-state index contributed by atoms with van der Waals surface area (Å²) in [7, 11) is 0. The van der Waals surface area contributed by atoms with Crippen LogP contribution in [0, 0.1) is 18.6 Å². The molecule has 2 N–H and O–H groups in total. The van der Waals surface area contributed by atoms with Crippen molar-refractivity contribution >= 4 is 0 Å². The SMILES string of the molecule is Cc1ccnc(C(N)Cc2cc(F)cc(F)c2)c1. The van der Waals surface area contributed by atoms with Crippen LogP contribution in [0.5, 0.6) is 0 Å². The average molecular weight is 248 g/mol. The maximum Gasteiger partial charge on any atom is 0.126 e. The minimum Gasteiger partial charge on any atom is -0.322 e. The highest BCUT2D eigenvalue weighted by molar-refractivity contribution is 5.23. The molecule has 0 aliphatic rings. The molecule has 2 rings (SSSR count). The van der Waals surface area contributed by atoms with Crippen molar-refractivity contribution in [1.29, 1.82) is 0 Å². The number of hydrogen-bond donors (Lipinski definition) is 1. The minimum absolute atomic E-state index is 0.352. The second-order valence-corrected chi connectivity index (χ2v) is 4.35. The lowest BCUT2D eigenvalue weighted by atomic mass is 10.0. The molecular formula is C14H14F2N2. The van der Waals surface area contributed by atoms with Crippen molar-refractivity contribution < 1.29 is 8.78 Å². The molecule has 0 radical (unpaired) electrons. The van der Waals surface area contributed by atoms with Crippen LogP contribution in [0.4, 0.5) is 8.78 Å². The molecule has 0 spiro atoms. The Balaban J connectivity index is 2.18. The van der Waals surface area contributed by atoms with E-state index in [4.69, 9.17) is 5.73 Å². The molecule has 1 heterocycles. The summed E-state index contributed by atoms with van der Waals surface area (Å²) in [6.45, 7) is 1.94. The Bertz CT molecular complexity index is 535. The number of hydrogen-bond acceptors (Lipinski definition) is 2. The third-order valence-electron chi connectivity index (χ3n) is 2.69. The smallest absolute Gasteiger partial charge is 0.126 e. The van der Waals surface area contributed by atoms with E-state index in [2.05, 4.69) is 4.98 Å². The third kappa shape index (κ3) is 3.11. The summed E-state index contributed by atoms with van der Waals surface area (Å²) in [5.41, 5.74) is 8.30. The predicted octanol–water partition coefficient (Wildman–Crippen LogP) is 2.91. The van der Waals surface area contributed by atoms with Gasteiger partial charge in [0.15, 0.2) is 0 Å². The monoisotopic (exact) mass is 248 g/mol. The van der Waals surface area contributed by atoms with Gasteiger partial charge in [-0.05, 0) is 48.7 Å². The molecule has 1 aromatic heterocycles. The van der Waals surface area contributed by atoms with Crippen LogP contribution in [0.2, 0.25) is 0 Å². The Morgan fingerprint density at radius 3 is 2.44 bits per heavy atom. The molecule has 0 fully saturated rings. The third-order valence-corrected chi connectivity index (χ3v) is 2.69. The molecule has 0 saturated carbocycles. The van der Waals surface area contributed by atoms with Crippen LogP contribution in [0.25, 0.3) is 0 Å². The van der Waals surface area contributed by atoms with Gasteiger partial charge >= 0.3 is 0 Å². The topological polar surface area (TPSA) is 38.9 Å². The van der Waals surface area contributed by atoms with E-state index < -0.39 is 11.6 Å². The standard InChI is InChI=1S/C14H14F2N2/c1-9-2-3-18-14(4-9)13(17)7-10-5-11(15)8-12(16)6-10/h2-6,8,13H,7,17H2,1H3.